The molecule has 0 aliphatic carbocycles. The minimum absolute atomic E-state index is 0.00815. The second kappa shape index (κ2) is 10.1. The fourth-order valence-corrected chi connectivity index (χ4v) is 2.47. The first-order valence-electron chi connectivity index (χ1n) is 8.22. The van der Waals surface area contributed by atoms with E-state index in [0.717, 1.165) is 18.4 Å². The Labute approximate surface area is 133 Å². The Morgan fingerprint density at radius 1 is 1.27 bits per heavy atom. The van der Waals surface area contributed by atoms with Crippen molar-refractivity contribution in [3.63, 3.8) is 0 Å². The molecule has 1 rings (SSSR count). The second-order valence-electron chi connectivity index (χ2n) is 5.85. The number of benzene rings is 1. The summed E-state index contributed by atoms with van der Waals surface area (Å²) in [6.07, 6.45) is 7.55. The van der Waals surface area contributed by atoms with Crippen molar-refractivity contribution in [3.05, 3.63) is 23.8 Å². The SMILES string of the molecule is CCCCCCCC(C)NC(=O)Cc1ccc(O)c(OC)c1. The van der Waals surface area contributed by atoms with Gasteiger partial charge < -0.3 is 15.2 Å². The lowest BCUT2D eigenvalue weighted by Gasteiger charge is -2.14. The molecular formula is C18H29NO3. The first kappa shape index (κ1) is 18.3. The summed E-state index contributed by atoms with van der Waals surface area (Å²) in [6, 6.07) is 5.20. The Kier molecular flexibility index (Phi) is 8.41. The number of carbonyl (C=O) groups excluding carboxylic acids is 1. The molecule has 0 radical (unpaired) electrons. The van der Waals surface area contributed by atoms with Crippen molar-refractivity contribution >= 4 is 5.91 Å². The standard InChI is InChI=1S/C18H29NO3/c1-4-5-6-7-8-9-14(2)19-18(21)13-15-10-11-16(20)17(12-15)22-3/h10-12,14,20H,4-9,13H2,1-3H3,(H,19,21). The van der Waals surface area contributed by atoms with Crippen molar-refractivity contribution in [1.82, 2.24) is 5.32 Å². The summed E-state index contributed by atoms with van der Waals surface area (Å²) in [4.78, 5) is 12.0. The molecule has 4 nitrogen and oxygen atoms in total. The van der Waals surface area contributed by atoms with Crippen molar-refractivity contribution in [2.75, 3.05) is 7.11 Å². The maximum atomic E-state index is 12.0. The van der Waals surface area contributed by atoms with E-state index in [2.05, 4.69) is 19.2 Å². The van der Waals surface area contributed by atoms with Crippen LogP contribution in [0.3, 0.4) is 0 Å². The highest BCUT2D eigenvalue weighted by atomic mass is 16.5. The van der Waals surface area contributed by atoms with Gasteiger partial charge >= 0.3 is 0 Å². The molecule has 0 heterocycles. The van der Waals surface area contributed by atoms with Crippen LogP contribution in [0, 0.1) is 0 Å². The lowest BCUT2D eigenvalue weighted by molar-refractivity contribution is -0.121. The average Bonchev–Trinajstić information content (AvgIpc) is 2.48. The van der Waals surface area contributed by atoms with E-state index in [1.165, 1.54) is 32.8 Å². The van der Waals surface area contributed by atoms with Gasteiger partial charge in [-0.1, -0.05) is 45.1 Å². The minimum Gasteiger partial charge on any atom is -0.504 e. The zero-order valence-electron chi connectivity index (χ0n) is 14.0. The van der Waals surface area contributed by atoms with Crippen LogP contribution in [0.2, 0.25) is 0 Å². The molecule has 0 fully saturated rings. The second-order valence-corrected chi connectivity index (χ2v) is 5.85. The van der Waals surface area contributed by atoms with Gasteiger partial charge in [0.25, 0.3) is 0 Å². The summed E-state index contributed by atoms with van der Waals surface area (Å²) in [5.41, 5.74) is 0.835. The van der Waals surface area contributed by atoms with Gasteiger partial charge in [0.15, 0.2) is 11.5 Å². The van der Waals surface area contributed by atoms with Crippen molar-refractivity contribution in [3.8, 4) is 11.5 Å². The van der Waals surface area contributed by atoms with Gasteiger partial charge in [0.2, 0.25) is 5.91 Å². The molecule has 0 aliphatic rings. The fraction of sp³-hybridized carbons (Fsp3) is 0.611. The highest BCUT2D eigenvalue weighted by molar-refractivity contribution is 5.79. The Balaban J connectivity index is 2.33. The van der Waals surface area contributed by atoms with Crippen molar-refractivity contribution in [2.24, 2.45) is 0 Å². The van der Waals surface area contributed by atoms with Crippen LogP contribution in [0.25, 0.3) is 0 Å². The van der Waals surface area contributed by atoms with E-state index in [1.54, 1.807) is 18.2 Å². The third-order valence-electron chi connectivity index (χ3n) is 3.76. The third-order valence-corrected chi connectivity index (χ3v) is 3.76. The molecule has 4 heteroatoms. The molecular weight excluding hydrogens is 278 g/mol. The van der Waals surface area contributed by atoms with E-state index in [1.807, 2.05) is 0 Å². The molecule has 124 valence electrons. The molecule has 22 heavy (non-hydrogen) atoms. The van der Waals surface area contributed by atoms with Crippen molar-refractivity contribution in [1.29, 1.82) is 0 Å². The summed E-state index contributed by atoms with van der Waals surface area (Å²) in [6.45, 7) is 4.26. The maximum absolute atomic E-state index is 12.0. The van der Waals surface area contributed by atoms with Gasteiger partial charge in [0, 0.05) is 6.04 Å². The molecule has 1 unspecified atom stereocenters. The van der Waals surface area contributed by atoms with Gasteiger partial charge in [-0.25, -0.2) is 0 Å². The number of carbonyl (C=O) groups is 1. The zero-order valence-corrected chi connectivity index (χ0v) is 14.0. The molecule has 1 amide bonds. The number of phenols is 1. The molecule has 0 aromatic heterocycles. The minimum atomic E-state index is 0.00815. The van der Waals surface area contributed by atoms with E-state index in [-0.39, 0.29) is 17.7 Å². The van der Waals surface area contributed by atoms with Crippen molar-refractivity contribution in [2.45, 2.75) is 64.8 Å². The third kappa shape index (κ3) is 6.83. The number of unbranched alkanes of at least 4 members (excludes halogenated alkanes) is 4. The fourth-order valence-electron chi connectivity index (χ4n) is 2.47. The Morgan fingerprint density at radius 3 is 2.68 bits per heavy atom. The summed E-state index contributed by atoms with van der Waals surface area (Å²) in [5, 5.41) is 12.6. The van der Waals surface area contributed by atoms with E-state index in [9.17, 15) is 9.90 Å². The molecule has 2 N–H and O–H groups in total. The zero-order chi connectivity index (χ0) is 16.4. The highest BCUT2D eigenvalue weighted by Gasteiger charge is 2.10. The van der Waals surface area contributed by atoms with Gasteiger partial charge in [0.05, 0.1) is 13.5 Å². The first-order chi connectivity index (χ1) is 10.6. The van der Waals surface area contributed by atoms with Crippen LogP contribution in [-0.2, 0) is 11.2 Å². The summed E-state index contributed by atoms with van der Waals surface area (Å²) in [7, 11) is 1.50. The number of aromatic hydroxyl groups is 1. The van der Waals surface area contributed by atoms with Crippen LogP contribution in [0.5, 0.6) is 11.5 Å². The number of hydrogen-bond acceptors (Lipinski definition) is 3. The number of nitrogens with one attached hydrogen (secondary N) is 1. The largest absolute Gasteiger partial charge is 0.504 e. The molecule has 0 saturated carbocycles. The Hall–Kier alpha value is -1.71. The lowest BCUT2D eigenvalue weighted by atomic mass is 10.1. The van der Waals surface area contributed by atoms with Crippen molar-refractivity contribution < 1.29 is 14.6 Å². The number of amides is 1. The van der Waals surface area contributed by atoms with E-state index >= 15 is 0 Å². The first-order valence-corrected chi connectivity index (χ1v) is 8.22. The van der Waals surface area contributed by atoms with Crippen LogP contribution >= 0.6 is 0 Å². The Bertz CT molecular complexity index is 460. The highest BCUT2D eigenvalue weighted by Crippen LogP contribution is 2.26. The van der Waals surface area contributed by atoms with Crippen LogP contribution < -0.4 is 10.1 Å². The van der Waals surface area contributed by atoms with E-state index < -0.39 is 0 Å². The summed E-state index contributed by atoms with van der Waals surface area (Å²) >= 11 is 0. The molecule has 0 spiro atoms. The van der Waals surface area contributed by atoms with Gasteiger partial charge in [0.1, 0.15) is 0 Å². The van der Waals surface area contributed by atoms with Gasteiger partial charge in [-0.05, 0) is 31.0 Å². The normalized spacial score (nSPS) is 12.0. The topological polar surface area (TPSA) is 58.6 Å². The molecule has 0 aliphatic heterocycles. The maximum Gasteiger partial charge on any atom is 0.224 e. The lowest BCUT2D eigenvalue weighted by Crippen LogP contribution is -2.33. The predicted octanol–water partition coefficient (Wildman–Crippen LogP) is 3.81. The predicted molar refractivity (Wildman–Crippen MR) is 89.3 cm³/mol. The van der Waals surface area contributed by atoms with Crippen LogP contribution in [-0.4, -0.2) is 24.2 Å². The van der Waals surface area contributed by atoms with Crippen LogP contribution in [0.4, 0.5) is 0 Å². The average molecular weight is 307 g/mol. The number of methoxy groups -OCH3 is 1. The molecule has 1 atom stereocenters. The molecule has 0 bridgehead atoms. The molecule has 1 aromatic rings. The Morgan fingerprint density at radius 2 is 2.00 bits per heavy atom. The van der Waals surface area contributed by atoms with Gasteiger partial charge in [-0.15, -0.1) is 0 Å². The molecule has 0 saturated heterocycles. The molecule has 1 aromatic carbocycles. The van der Waals surface area contributed by atoms with Crippen LogP contribution in [0.1, 0.15) is 57.9 Å². The van der Waals surface area contributed by atoms with E-state index in [0.29, 0.717) is 12.2 Å². The van der Waals surface area contributed by atoms with Gasteiger partial charge in [-0.3, -0.25) is 4.79 Å². The number of rotatable bonds is 10. The summed E-state index contributed by atoms with van der Waals surface area (Å²) in [5.74, 6) is 0.496. The van der Waals surface area contributed by atoms with Gasteiger partial charge in [-0.2, -0.15) is 0 Å². The number of phenolic OH excluding ortho intramolecular Hbond substituents is 1. The quantitative estimate of drug-likeness (QED) is 0.646. The van der Waals surface area contributed by atoms with Crippen LogP contribution in [0.15, 0.2) is 18.2 Å². The smallest absolute Gasteiger partial charge is 0.224 e. The summed E-state index contributed by atoms with van der Waals surface area (Å²) < 4.78 is 5.05. The van der Waals surface area contributed by atoms with E-state index in [4.69, 9.17) is 4.74 Å². The monoisotopic (exact) mass is 307 g/mol. The number of ether oxygens (including phenoxy) is 1. The number of hydrogen-bond donors (Lipinski definition) is 2.